The molecule has 1 saturated heterocycles. The highest BCUT2D eigenvalue weighted by Gasteiger charge is 2.18. The molecule has 23 heavy (non-hydrogen) atoms. The first-order valence-corrected chi connectivity index (χ1v) is 8.19. The Morgan fingerprint density at radius 1 is 1.09 bits per heavy atom. The van der Waals surface area contributed by atoms with Gasteiger partial charge in [0.05, 0.1) is 5.69 Å². The molecule has 3 heterocycles. The van der Waals surface area contributed by atoms with Gasteiger partial charge >= 0.3 is 0 Å². The molecule has 4 nitrogen and oxygen atoms in total. The number of piperidine rings is 1. The van der Waals surface area contributed by atoms with Gasteiger partial charge < -0.3 is 14.3 Å². The van der Waals surface area contributed by atoms with Crippen molar-refractivity contribution in [3.63, 3.8) is 0 Å². The summed E-state index contributed by atoms with van der Waals surface area (Å²) < 4.78 is 1.87. The number of hydrogen-bond acceptors (Lipinski definition) is 2. The van der Waals surface area contributed by atoms with E-state index in [4.69, 9.17) is 0 Å². The standard InChI is InChI=1S/C19H21N3O/c1-21-11-8-15(9-12-21)14-4-6-16(7-5-14)17-13-22-10-2-3-18(22)19(23)20-17/h2-7,10,13,15H,8-9,11-12H2,1H3,(H,20,23). The molecule has 2 aromatic heterocycles. The van der Waals surface area contributed by atoms with Crippen molar-refractivity contribution < 1.29 is 0 Å². The SMILES string of the molecule is CN1CCC(c2ccc(-c3cn4cccc4c(=O)[nH]3)cc2)CC1. The molecule has 1 N–H and O–H groups in total. The minimum atomic E-state index is -0.0492. The van der Waals surface area contributed by atoms with E-state index in [1.165, 1.54) is 31.5 Å². The first-order valence-electron chi connectivity index (χ1n) is 8.19. The Morgan fingerprint density at radius 3 is 2.57 bits per heavy atom. The third-order valence-electron chi connectivity index (χ3n) is 4.94. The lowest BCUT2D eigenvalue weighted by atomic mass is 9.89. The Hall–Kier alpha value is -2.33. The summed E-state index contributed by atoms with van der Waals surface area (Å²) in [4.78, 5) is 17.5. The molecule has 118 valence electrons. The van der Waals surface area contributed by atoms with Crippen molar-refractivity contribution >= 4 is 5.52 Å². The van der Waals surface area contributed by atoms with Crippen LogP contribution in [-0.4, -0.2) is 34.4 Å². The van der Waals surface area contributed by atoms with E-state index in [0.29, 0.717) is 11.4 Å². The molecule has 1 aliphatic rings. The summed E-state index contributed by atoms with van der Waals surface area (Å²) in [6.07, 6.45) is 6.33. The Balaban J connectivity index is 1.63. The summed E-state index contributed by atoms with van der Waals surface area (Å²) in [5.74, 6) is 0.659. The van der Waals surface area contributed by atoms with Gasteiger partial charge in [-0.25, -0.2) is 0 Å². The molecule has 0 unspecified atom stereocenters. The maximum absolute atomic E-state index is 12.1. The van der Waals surface area contributed by atoms with Gasteiger partial charge in [0.25, 0.3) is 5.56 Å². The number of likely N-dealkylation sites (tertiary alicyclic amines) is 1. The highest BCUT2D eigenvalue weighted by Crippen LogP contribution is 2.29. The zero-order valence-electron chi connectivity index (χ0n) is 13.3. The fourth-order valence-corrected chi connectivity index (χ4v) is 3.48. The zero-order chi connectivity index (χ0) is 15.8. The summed E-state index contributed by atoms with van der Waals surface area (Å²) in [6.45, 7) is 2.34. The van der Waals surface area contributed by atoms with E-state index in [1.807, 2.05) is 28.9 Å². The van der Waals surface area contributed by atoms with Gasteiger partial charge in [0.2, 0.25) is 0 Å². The van der Waals surface area contributed by atoms with E-state index in [1.54, 1.807) is 0 Å². The molecule has 0 saturated carbocycles. The number of aromatic nitrogens is 2. The van der Waals surface area contributed by atoms with Gasteiger partial charge in [-0.3, -0.25) is 4.79 Å². The largest absolute Gasteiger partial charge is 0.319 e. The van der Waals surface area contributed by atoms with Crippen LogP contribution in [-0.2, 0) is 0 Å². The molecule has 3 aromatic rings. The third kappa shape index (κ3) is 2.70. The summed E-state index contributed by atoms with van der Waals surface area (Å²) in [5, 5.41) is 0. The maximum Gasteiger partial charge on any atom is 0.272 e. The smallest absolute Gasteiger partial charge is 0.272 e. The number of nitrogens with one attached hydrogen (secondary N) is 1. The van der Waals surface area contributed by atoms with Crippen LogP contribution in [0.4, 0.5) is 0 Å². The van der Waals surface area contributed by atoms with Crippen molar-refractivity contribution in [1.29, 1.82) is 0 Å². The lowest BCUT2D eigenvalue weighted by Crippen LogP contribution is -2.29. The lowest BCUT2D eigenvalue weighted by molar-refractivity contribution is 0.255. The summed E-state index contributed by atoms with van der Waals surface area (Å²) in [6, 6.07) is 12.4. The number of hydrogen-bond donors (Lipinski definition) is 1. The third-order valence-corrected chi connectivity index (χ3v) is 4.94. The van der Waals surface area contributed by atoms with E-state index in [0.717, 1.165) is 11.3 Å². The Morgan fingerprint density at radius 2 is 1.83 bits per heavy atom. The first-order chi connectivity index (χ1) is 11.2. The topological polar surface area (TPSA) is 40.5 Å². The molecule has 0 atom stereocenters. The van der Waals surface area contributed by atoms with Gasteiger partial charge in [-0.15, -0.1) is 0 Å². The van der Waals surface area contributed by atoms with Crippen LogP contribution < -0.4 is 5.56 Å². The number of aromatic amines is 1. The average molecular weight is 307 g/mol. The van der Waals surface area contributed by atoms with Crippen molar-refractivity contribution in [2.24, 2.45) is 0 Å². The van der Waals surface area contributed by atoms with Crippen LogP contribution in [0.2, 0.25) is 0 Å². The van der Waals surface area contributed by atoms with Crippen LogP contribution >= 0.6 is 0 Å². The summed E-state index contributed by atoms with van der Waals surface area (Å²) in [7, 11) is 2.19. The quantitative estimate of drug-likeness (QED) is 0.790. The van der Waals surface area contributed by atoms with E-state index in [9.17, 15) is 4.79 Å². The molecule has 1 aliphatic heterocycles. The molecule has 0 amide bonds. The first kappa shape index (κ1) is 14.3. The van der Waals surface area contributed by atoms with Crippen LogP contribution in [0, 0.1) is 0 Å². The maximum atomic E-state index is 12.1. The fourth-order valence-electron chi connectivity index (χ4n) is 3.48. The van der Waals surface area contributed by atoms with Gasteiger partial charge in [-0.05, 0) is 62.2 Å². The van der Waals surface area contributed by atoms with Crippen LogP contribution in [0.5, 0.6) is 0 Å². The van der Waals surface area contributed by atoms with Gasteiger partial charge in [-0.2, -0.15) is 0 Å². The monoisotopic (exact) mass is 307 g/mol. The van der Waals surface area contributed by atoms with Crippen LogP contribution in [0.25, 0.3) is 16.8 Å². The lowest BCUT2D eigenvalue weighted by Gasteiger charge is -2.29. The average Bonchev–Trinajstić information content (AvgIpc) is 3.05. The molecular weight excluding hydrogens is 286 g/mol. The second kappa shape index (κ2) is 5.70. The predicted molar refractivity (Wildman–Crippen MR) is 92.9 cm³/mol. The van der Waals surface area contributed by atoms with Gasteiger partial charge in [0.1, 0.15) is 5.52 Å². The number of rotatable bonds is 2. The van der Waals surface area contributed by atoms with Gasteiger partial charge in [-0.1, -0.05) is 24.3 Å². The zero-order valence-corrected chi connectivity index (χ0v) is 13.3. The van der Waals surface area contributed by atoms with Crippen molar-refractivity contribution in [3.8, 4) is 11.3 Å². The van der Waals surface area contributed by atoms with Gasteiger partial charge in [0, 0.05) is 12.4 Å². The van der Waals surface area contributed by atoms with Crippen molar-refractivity contribution in [3.05, 3.63) is 64.7 Å². The second-order valence-electron chi connectivity index (χ2n) is 6.50. The predicted octanol–water partition coefficient (Wildman–Crippen LogP) is 3.10. The van der Waals surface area contributed by atoms with Crippen molar-refractivity contribution in [1.82, 2.24) is 14.3 Å². The van der Waals surface area contributed by atoms with Crippen molar-refractivity contribution in [2.45, 2.75) is 18.8 Å². The minimum Gasteiger partial charge on any atom is -0.319 e. The normalized spacial score (nSPS) is 16.9. The number of benzene rings is 1. The molecule has 4 heteroatoms. The summed E-state index contributed by atoms with van der Waals surface area (Å²) in [5.41, 5.74) is 3.94. The summed E-state index contributed by atoms with van der Waals surface area (Å²) >= 11 is 0. The second-order valence-corrected chi connectivity index (χ2v) is 6.50. The molecule has 1 aromatic carbocycles. The molecule has 0 radical (unpaired) electrons. The molecule has 4 rings (SSSR count). The van der Waals surface area contributed by atoms with Gasteiger partial charge in [0.15, 0.2) is 0 Å². The fraction of sp³-hybridized carbons (Fsp3) is 0.316. The molecule has 0 spiro atoms. The van der Waals surface area contributed by atoms with Crippen LogP contribution in [0.15, 0.2) is 53.6 Å². The van der Waals surface area contributed by atoms with E-state index >= 15 is 0 Å². The number of fused-ring (bicyclic) bond motifs is 1. The molecule has 1 fully saturated rings. The number of nitrogens with zero attached hydrogens (tertiary/aromatic N) is 2. The molecule has 0 aliphatic carbocycles. The minimum absolute atomic E-state index is 0.0492. The number of H-pyrrole nitrogens is 1. The van der Waals surface area contributed by atoms with E-state index in [2.05, 4.69) is 41.2 Å². The van der Waals surface area contributed by atoms with Crippen molar-refractivity contribution in [2.75, 3.05) is 20.1 Å². The van der Waals surface area contributed by atoms with Crippen LogP contribution in [0.1, 0.15) is 24.3 Å². The highest BCUT2D eigenvalue weighted by molar-refractivity contribution is 5.61. The Kier molecular flexibility index (Phi) is 3.54. The van der Waals surface area contributed by atoms with Crippen LogP contribution in [0.3, 0.4) is 0 Å². The molecule has 0 bridgehead atoms. The Labute approximate surface area is 135 Å². The molecular formula is C19H21N3O. The van der Waals surface area contributed by atoms with E-state index < -0.39 is 0 Å². The highest BCUT2D eigenvalue weighted by atomic mass is 16.1. The Bertz CT molecular complexity index is 868. The van der Waals surface area contributed by atoms with E-state index in [-0.39, 0.29) is 5.56 Å².